The van der Waals surface area contributed by atoms with Crippen molar-refractivity contribution in [1.82, 2.24) is 4.90 Å². The Morgan fingerprint density at radius 1 is 1.38 bits per heavy atom. The molecule has 1 aromatic carbocycles. The molecule has 1 unspecified atom stereocenters. The summed E-state index contributed by atoms with van der Waals surface area (Å²) in [6.07, 6.45) is 0. The Balaban J connectivity index is 2.60. The van der Waals surface area contributed by atoms with Gasteiger partial charge in [-0.3, -0.25) is 4.79 Å². The average Bonchev–Trinajstić information content (AvgIpc) is 2.30. The Morgan fingerprint density at radius 3 is 2.44 bits per heavy atom. The van der Waals surface area contributed by atoms with Crippen LogP contribution in [0.3, 0.4) is 0 Å². The van der Waals surface area contributed by atoms with Crippen LogP contribution in [0.15, 0.2) is 24.3 Å². The fourth-order valence-electron chi connectivity index (χ4n) is 1.49. The number of carbonyl (C=O) groups is 1. The van der Waals surface area contributed by atoms with E-state index in [1.165, 1.54) is 5.56 Å². The Labute approximate surface area is 102 Å². The summed E-state index contributed by atoms with van der Waals surface area (Å²) in [5.74, 6) is 0.351. The molecule has 0 fully saturated rings. The third kappa shape index (κ3) is 3.53. The van der Waals surface area contributed by atoms with Gasteiger partial charge in [0, 0.05) is 25.4 Å². The van der Waals surface area contributed by atoms with Crippen molar-refractivity contribution >= 4 is 17.5 Å². The molecular formula is C13H18ClNO. The lowest BCUT2D eigenvalue weighted by atomic mass is 10.1. The van der Waals surface area contributed by atoms with E-state index >= 15 is 0 Å². The second kappa shape index (κ2) is 5.90. The van der Waals surface area contributed by atoms with E-state index < -0.39 is 0 Å². The molecule has 1 atom stereocenters. The average molecular weight is 240 g/mol. The van der Waals surface area contributed by atoms with Gasteiger partial charge in [0.05, 0.1) is 0 Å². The molecule has 0 saturated heterocycles. The minimum atomic E-state index is -0.114. The van der Waals surface area contributed by atoms with Crippen LogP contribution >= 0.6 is 11.6 Å². The first-order valence-electron chi connectivity index (χ1n) is 5.41. The molecule has 0 aliphatic rings. The maximum absolute atomic E-state index is 11.8. The van der Waals surface area contributed by atoms with Crippen molar-refractivity contribution in [2.75, 3.05) is 12.9 Å². The minimum Gasteiger partial charge on any atom is -0.341 e. The number of hydrogen-bond acceptors (Lipinski definition) is 1. The lowest BCUT2D eigenvalue weighted by molar-refractivity contribution is -0.133. The number of halogens is 1. The number of hydrogen-bond donors (Lipinski definition) is 0. The standard InChI is InChI=1S/C13H18ClNO/c1-10-4-6-12(7-5-10)9-15(3)13(16)11(2)8-14/h4-7,11H,8-9H2,1-3H3. The summed E-state index contributed by atoms with van der Waals surface area (Å²) in [6, 6.07) is 8.20. The third-order valence-corrected chi connectivity index (χ3v) is 3.03. The molecule has 0 spiro atoms. The van der Waals surface area contributed by atoms with E-state index in [-0.39, 0.29) is 11.8 Å². The van der Waals surface area contributed by atoms with Gasteiger partial charge in [0.2, 0.25) is 5.91 Å². The topological polar surface area (TPSA) is 20.3 Å². The molecule has 0 aliphatic heterocycles. The molecule has 3 heteroatoms. The first-order chi connectivity index (χ1) is 7.54. The second-order valence-corrected chi connectivity index (χ2v) is 4.54. The molecule has 1 rings (SSSR count). The largest absolute Gasteiger partial charge is 0.341 e. The number of benzene rings is 1. The monoisotopic (exact) mass is 239 g/mol. The summed E-state index contributed by atoms with van der Waals surface area (Å²) in [5, 5.41) is 0. The van der Waals surface area contributed by atoms with Gasteiger partial charge < -0.3 is 4.90 Å². The Kier molecular flexibility index (Phi) is 4.81. The summed E-state index contributed by atoms with van der Waals surface area (Å²) < 4.78 is 0. The summed E-state index contributed by atoms with van der Waals surface area (Å²) in [5.41, 5.74) is 2.37. The number of aryl methyl sites for hydroxylation is 1. The van der Waals surface area contributed by atoms with E-state index in [2.05, 4.69) is 12.1 Å². The predicted octanol–water partition coefficient (Wildman–Crippen LogP) is 2.83. The van der Waals surface area contributed by atoms with Gasteiger partial charge in [-0.25, -0.2) is 0 Å². The summed E-state index contributed by atoms with van der Waals surface area (Å²) in [6.45, 7) is 4.54. The SMILES string of the molecule is Cc1ccc(CN(C)C(=O)C(C)CCl)cc1. The van der Waals surface area contributed by atoms with Crippen molar-refractivity contribution in [3.63, 3.8) is 0 Å². The maximum Gasteiger partial charge on any atom is 0.226 e. The zero-order chi connectivity index (χ0) is 12.1. The molecule has 1 aromatic rings. The molecule has 0 saturated carbocycles. The maximum atomic E-state index is 11.8. The molecule has 0 aliphatic carbocycles. The van der Waals surface area contributed by atoms with Crippen molar-refractivity contribution in [2.45, 2.75) is 20.4 Å². The van der Waals surface area contributed by atoms with Crippen LogP contribution in [-0.2, 0) is 11.3 Å². The van der Waals surface area contributed by atoms with Crippen LogP contribution in [0.25, 0.3) is 0 Å². The molecule has 0 radical (unpaired) electrons. The zero-order valence-electron chi connectivity index (χ0n) is 10.0. The van der Waals surface area contributed by atoms with Crippen LogP contribution in [0.2, 0.25) is 0 Å². The van der Waals surface area contributed by atoms with Gasteiger partial charge in [-0.2, -0.15) is 0 Å². The molecule has 0 N–H and O–H groups in total. The molecule has 88 valence electrons. The molecule has 0 bridgehead atoms. The van der Waals surface area contributed by atoms with Gasteiger partial charge >= 0.3 is 0 Å². The van der Waals surface area contributed by atoms with Crippen molar-refractivity contribution in [3.05, 3.63) is 35.4 Å². The van der Waals surface area contributed by atoms with E-state index in [4.69, 9.17) is 11.6 Å². The van der Waals surface area contributed by atoms with E-state index in [0.717, 1.165) is 5.56 Å². The van der Waals surface area contributed by atoms with Gasteiger partial charge in [-0.05, 0) is 12.5 Å². The summed E-state index contributed by atoms with van der Waals surface area (Å²) in [4.78, 5) is 13.5. The lowest BCUT2D eigenvalue weighted by Crippen LogP contribution is -2.31. The van der Waals surface area contributed by atoms with Crippen LogP contribution in [0, 0.1) is 12.8 Å². The summed E-state index contributed by atoms with van der Waals surface area (Å²) in [7, 11) is 1.81. The van der Waals surface area contributed by atoms with Gasteiger partial charge in [0.25, 0.3) is 0 Å². The van der Waals surface area contributed by atoms with Crippen LogP contribution in [0.4, 0.5) is 0 Å². The van der Waals surface area contributed by atoms with Gasteiger partial charge in [0.15, 0.2) is 0 Å². The second-order valence-electron chi connectivity index (χ2n) is 4.24. The van der Waals surface area contributed by atoms with Crippen molar-refractivity contribution < 1.29 is 4.79 Å². The van der Waals surface area contributed by atoms with Crippen LogP contribution < -0.4 is 0 Å². The van der Waals surface area contributed by atoms with E-state index in [9.17, 15) is 4.79 Å². The van der Waals surface area contributed by atoms with Gasteiger partial charge in [-0.15, -0.1) is 11.6 Å². The Bertz CT molecular complexity index is 347. The number of rotatable bonds is 4. The van der Waals surface area contributed by atoms with Crippen molar-refractivity contribution in [1.29, 1.82) is 0 Å². The molecule has 2 nitrogen and oxygen atoms in total. The quantitative estimate of drug-likeness (QED) is 0.740. The number of carbonyl (C=O) groups excluding carboxylic acids is 1. The van der Waals surface area contributed by atoms with Gasteiger partial charge in [0.1, 0.15) is 0 Å². The minimum absolute atomic E-state index is 0.0931. The Morgan fingerprint density at radius 2 is 1.94 bits per heavy atom. The lowest BCUT2D eigenvalue weighted by Gasteiger charge is -2.20. The zero-order valence-corrected chi connectivity index (χ0v) is 10.8. The molecule has 0 aromatic heterocycles. The Hall–Kier alpha value is -1.02. The van der Waals surface area contributed by atoms with Crippen molar-refractivity contribution in [3.8, 4) is 0 Å². The fraction of sp³-hybridized carbons (Fsp3) is 0.462. The molecular weight excluding hydrogens is 222 g/mol. The predicted molar refractivity (Wildman–Crippen MR) is 67.5 cm³/mol. The van der Waals surface area contributed by atoms with Gasteiger partial charge in [-0.1, -0.05) is 36.8 Å². The van der Waals surface area contributed by atoms with E-state index in [0.29, 0.717) is 12.4 Å². The highest BCUT2D eigenvalue weighted by molar-refractivity contribution is 6.19. The molecule has 0 heterocycles. The smallest absolute Gasteiger partial charge is 0.226 e. The first kappa shape index (κ1) is 13.0. The van der Waals surface area contributed by atoms with Crippen LogP contribution in [-0.4, -0.2) is 23.7 Å². The van der Waals surface area contributed by atoms with E-state index in [1.54, 1.807) is 4.90 Å². The number of amides is 1. The van der Waals surface area contributed by atoms with Crippen molar-refractivity contribution in [2.24, 2.45) is 5.92 Å². The highest BCUT2D eigenvalue weighted by Crippen LogP contribution is 2.09. The number of nitrogens with zero attached hydrogens (tertiary/aromatic N) is 1. The fourth-order valence-corrected chi connectivity index (χ4v) is 1.62. The number of alkyl halides is 1. The normalized spacial score (nSPS) is 12.2. The van der Waals surface area contributed by atoms with Crippen LogP contribution in [0.5, 0.6) is 0 Å². The molecule has 1 amide bonds. The van der Waals surface area contributed by atoms with Crippen LogP contribution in [0.1, 0.15) is 18.1 Å². The summed E-state index contributed by atoms with van der Waals surface area (Å²) >= 11 is 5.67. The van der Waals surface area contributed by atoms with E-state index in [1.807, 2.05) is 33.0 Å². The highest BCUT2D eigenvalue weighted by atomic mass is 35.5. The molecule has 16 heavy (non-hydrogen) atoms. The first-order valence-corrected chi connectivity index (χ1v) is 5.94. The highest BCUT2D eigenvalue weighted by Gasteiger charge is 2.16. The third-order valence-electron chi connectivity index (χ3n) is 2.57.